The summed E-state index contributed by atoms with van der Waals surface area (Å²) in [6.45, 7) is 0.841. The van der Waals surface area contributed by atoms with Crippen LogP contribution < -0.4 is 26.4 Å². The van der Waals surface area contributed by atoms with Crippen LogP contribution in [0.2, 0.25) is 0 Å². The molecule has 0 N–H and O–H groups in total. The molecule has 6 aromatic carbocycles. The van der Waals surface area contributed by atoms with E-state index >= 15 is 0 Å². The van der Waals surface area contributed by atoms with Gasteiger partial charge in [0.1, 0.15) is 6.15 Å². The minimum Gasteiger partial charge on any atom is -0.393 e. The molecule has 75 heavy (non-hydrogen) atoms. The highest BCUT2D eigenvalue weighted by molar-refractivity contribution is 7.98. The van der Waals surface area contributed by atoms with Crippen molar-refractivity contribution in [3.63, 3.8) is 0 Å². The molecule has 1 heterocycles. The number of alkyl halides is 24. The Kier molecular flexibility index (Phi) is 15.3. The van der Waals surface area contributed by atoms with Gasteiger partial charge in [-0.25, -0.2) is 0 Å². The number of para-hydroxylation sites is 2. The van der Waals surface area contributed by atoms with Crippen molar-refractivity contribution in [1.29, 1.82) is 0 Å². The van der Waals surface area contributed by atoms with E-state index in [0.717, 1.165) is 22.9 Å². The van der Waals surface area contributed by atoms with Gasteiger partial charge in [0.15, 0.2) is 6.54 Å². The van der Waals surface area contributed by atoms with Gasteiger partial charge in [0.2, 0.25) is 5.58 Å². The molecule has 7 aromatic rings. The molecule has 402 valence electrons. The topological polar surface area (TPSA) is 17.0 Å². The zero-order valence-electron chi connectivity index (χ0n) is 36.7. The Morgan fingerprint density at radius 2 is 0.613 bits per heavy atom. The Hall–Kier alpha value is -6.48. The van der Waals surface area contributed by atoms with Crippen molar-refractivity contribution in [2.24, 2.45) is 0 Å². The van der Waals surface area contributed by atoms with Crippen molar-refractivity contribution < 1.29 is 114 Å². The quantitative estimate of drug-likeness (QED) is 0.0685. The lowest BCUT2D eigenvalue weighted by atomic mass is 9.12. The van der Waals surface area contributed by atoms with Crippen LogP contribution in [0.3, 0.4) is 0 Å². The van der Waals surface area contributed by atoms with Crippen LogP contribution in [0.1, 0.15) is 50.1 Å². The summed E-state index contributed by atoms with van der Waals surface area (Å²) in [5, 5.41) is 0.944. The Labute approximate surface area is 409 Å². The lowest BCUT2D eigenvalue weighted by Crippen LogP contribution is -2.75. The fourth-order valence-electron chi connectivity index (χ4n) is 8.15. The number of hydrogen-bond donors (Lipinski definition) is 0. The monoisotopic (exact) mass is 1120 g/mol. The highest BCUT2D eigenvalue weighted by atomic mass is 32.2. The van der Waals surface area contributed by atoms with Crippen LogP contribution in [-0.2, 0) is 56.0 Å². The Bertz CT molecular complexity index is 2740. The zero-order chi connectivity index (χ0) is 56.3. The summed E-state index contributed by atoms with van der Waals surface area (Å²) in [6.07, 6.45) is -52.8. The van der Waals surface area contributed by atoms with E-state index in [1.54, 1.807) is 11.8 Å². The number of thioether (sulfide) groups is 1. The number of aromatic nitrogens is 1. The normalized spacial score (nSPS) is 13.5. The number of rotatable bonds is 7. The van der Waals surface area contributed by atoms with Gasteiger partial charge in [-0.15, -0.1) is 4.57 Å². The van der Waals surface area contributed by atoms with Crippen LogP contribution in [-0.4, -0.2) is 12.4 Å². The molecule has 2 nitrogen and oxygen atoms in total. The van der Waals surface area contributed by atoms with Crippen molar-refractivity contribution in [2.75, 3.05) is 6.26 Å². The molecule has 0 saturated heterocycles. The highest BCUT2D eigenvalue weighted by Crippen LogP contribution is 2.41. The third-order valence-electron chi connectivity index (χ3n) is 11.4. The predicted octanol–water partition coefficient (Wildman–Crippen LogP) is 14.7. The van der Waals surface area contributed by atoms with Crippen molar-refractivity contribution >= 4 is 50.9 Å². The molecule has 0 unspecified atom stereocenters. The number of halogens is 24. The second-order valence-corrected chi connectivity index (χ2v) is 17.1. The van der Waals surface area contributed by atoms with E-state index in [1.165, 1.54) is 5.56 Å². The van der Waals surface area contributed by atoms with Gasteiger partial charge in [0.25, 0.3) is 5.52 Å². The van der Waals surface area contributed by atoms with Gasteiger partial charge in [-0.05, 0) is 48.3 Å². The molecule has 28 heteroatoms. The van der Waals surface area contributed by atoms with Crippen molar-refractivity contribution in [3.05, 3.63) is 177 Å². The molecule has 0 aliphatic carbocycles. The number of oxazole rings is 1. The fourth-order valence-corrected chi connectivity index (χ4v) is 8.71. The molecule has 0 atom stereocenters. The second-order valence-electron chi connectivity index (χ2n) is 16.3. The zero-order valence-corrected chi connectivity index (χ0v) is 37.6. The van der Waals surface area contributed by atoms with E-state index in [-0.39, 0.29) is 0 Å². The van der Waals surface area contributed by atoms with E-state index < -0.39 is 195 Å². The summed E-state index contributed by atoms with van der Waals surface area (Å²) in [5.41, 5.74) is -26.8. The number of fused-ring (bicyclic) bond motifs is 1. The van der Waals surface area contributed by atoms with Gasteiger partial charge < -0.3 is 4.42 Å². The molecule has 0 fully saturated rings. The molecule has 0 amide bonds. The lowest BCUT2D eigenvalue weighted by Gasteiger charge is -2.46. The summed E-state index contributed by atoms with van der Waals surface area (Å²) >= 11 is 1.64. The summed E-state index contributed by atoms with van der Waals surface area (Å²) in [4.78, 5) is 0. The Balaban J connectivity index is 0.000000421. The van der Waals surface area contributed by atoms with E-state index in [2.05, 4.69) is 34.9 Å². The maximum Gasteiger partial charge on any atom is 0.416 e. The van der Waals surface area contributed by atoms with Gasteiger partial charge in [0, 0.05) is 11.6 Å². The molecule has 7 rings (SSSR count). The minimum atomic E-state index is -6.13. The summed E-state index contributed by atoms with van der Waals surface area (Å²) < 4.78 is 349. The van der Waals surface area contributed by atoms with E-state index in [9.17, 15) is 105 Å². The fraction of sp³-hybridized carbons (Fsp3) is 0.213. The average Bonchev–Trinajstić information content (AvgIpc) is 3.64. The first kappa shape index (κ1) is 57.8. The summed E-state index contributed by atoms with van der Waals surface area (Å²) in [5.74, 6) is 0. The molecule has 0 spiro atoms. The van der Waals surface area contributed by atoms with E-state index in [4.69, 9.17) is 4.42 Å². The average molecular weight is 1120 g/mol. The van der Waals surface area contributed by atoms with Crippen molar-refractivity contribution in [1.82, 2.24) is 0 Å². The predicted molar refractivity (Wildman–Crippen MR) is 224 cm³/mol. The molecular weight excluding hydrogens is 1090 g/mol. The maximum atomic E-state index is 14.2. The molecule has 0 aliphatic heterocycles. The maximum absolute atomic E-state index is 14.2. The van der Waals surface area contributed by atoms with Crippen LogP contribution in [0.4, 0.5) is 105 Å². The van der Waals surface area contributed by atoms with Gasteiger partial charge in [-0.1, -0.05) is 91.0 Å². The second kappa shape index (κ2) is 19.9. The van der Waals surface area contributed by atoms with Gasteiger partial charge in [0.05, 0.1) is 44.5 Å². The lowest BCUT2D eigenvalue weighted by molar-refractivity contribution is -0.708. The SMILES string of the molecule is CSc1oc2ccccc2[n+]1Cc1ccccc1.FC(F)(F)c1cc([B-](c2cc(C(F)(F)F)cc(C(F)(F)F)c2)(c2cc(C(F)(F)F)cc(C(F)(F)F)c2)c2cc(C(F)(F)F)cc(C(F)(F)F)c2)cc(C(F)(F)F)c1. The summed E-state index contributed by atoms with van der Waals surface area (Å²) in [6, 6.07) is 9.79. The number of nitrogens with zero attached hydrogens (tertiary/aromatic N) is 1. The van der Waals surface area contributed by atoms with Crippen LogP contribution >= 0.6 is 11.8 Å². The van der Waals surface area contributed by atoms with Gasteiger partial charge >= 0.3 is 54.6 Å². The smallest absolute Gasteiger partial charge is 0.393 e. The first-order chi connectivity index (χ1) is 34.1. The van der Waals surface area contributed by atoms with Gasteiger partial charge in [-0.2, -0.15) is 127 Å². The number of benzene rings is 6. The van der Waals surface area contributed by atoms with Crippen molar-refractivity contribution in [3.8, 4) is 0 Å². The third kappa shape index (κ3) is 12.8. The molecule has 0 radical (unpaired) electrons. The van der Waals surface area contributed by atoms with E-state index in [0.29, 0.717) is 0 Å². The molecular formula is C47H26BF24NOS. The standard InChI is InChI=1S/C32H12BF24.C15H14NOS/c34-25(35,36)13-1-14(26(37,38)39)6-21(5-13)33(22-7-15(27(40,41)42)2-16(8-22)28(43,44)45,23-9-17(29(46,47)48)3-18(10-23)30(49,50)51)24-11-19(31(52,53)54)4-20(12-24)32(55,56)57;1-18-15-16(11-12-7-3-2-4-8-12)13-9-5-6-10-14(13)17-15/h1-12H;2-10H,11H2,1H3/q-1;+1. The van der Waals surface area contributed by atoms with Gasteiger partial charge in [-0.3, -0.25) is 0 Å². The molecule has 0 aliphatic rings. The van der Waals surface area contributed by atoms with Crippen LogP contribution in [0.25, 0.3) is 11.1 Å². The molecule has 0 saturated carbocycles. The van der Waals surface area contributed by atoms with Crippen LogP contribution in [0.15, 0.2) is 137 Å². The summed E-state index contributed by atoms with van der Waals surface area (Å²) in [7, 11) is 0. The molecule has 1 aromatic heterocycles. The molecule has 0 bridgehead atoms. The van der Waals surface area contributed by atoms with Crippen LogP contribution in [0.5, 0.6) is 0 Å². The Morgan fingerprint density at radius 1 is 0.360 bits per heavy atom. The Morgan fingerprint density at radius 3 is 0.867 bits per heavy atom. The highest BCUT2D eigenvalue weighted by Gasteiger charge is 2.47. The minimum absolute atomic E-state index is 0.691. The van der Waals surface area contributed by atoms with E-state index in [1.807, 2.05) is 30.5 Å². The first-order valence-corrected chi connectivity index (χ1v) is 21.7. The largest absolute Gasteiger partial charge is 0.416 e. The van der Waals surface area contributed by atoms with Crippen molar-refractivity contribution in [2.45, 2.75) is 61.2 Å². The first-order valence-electron chi connectivity index (χ1n) is 20.5. The van der Waals surface area contributed by atoms with Crippen LogP contribution in [0, 0.1) is 0 Å². The third-order valence-corrected chi connectivity index (χ3v) is 12.0. The number of hydrogen-bond acceptors (Lipinski definition) is 2.